The van der Waals surface area contributed by atoms with Gasteiger partial charge in [-0.25, -0.2) is 9.98 Å². The van der Waals surface area contributed by atoms with Gasteiger partial charge in [-0.05, 0) is 48.2 Å². The third kappa shape index (κ3) is 5.65. The normalized spacial score (nSPS) is 13.2. The first-order chi connectivity index (χ1) is 13.7. The van der Waals surface area contributed by atoms with Crippen LogP contribution in [0, 0.1) is 0 Å². The van der Waals surface area contributed by atoms with E-state index in [1.54, 1.807) is 27.5 Å². The molecule has 0 bridgehead atoms. The number of rotatable bonds is 6. The minimum absolute atomic E-state index is 0. The second-order valence-corrected chi connectivity index (χ2v) is 6.52. The average molecular weight is 512 g/mol. The predicted octanol–water partition coefficient (Wildman–Crippen LogP) is 3.25. The minimum atomic E-state index is 0. The first-order valence-corrected chi connectivity index (χ1v) is 9.44. The molecule has 0 aliphatic carbocycles. The zero-order chi connectivity index (χ0) is 19.9. The van der Waals surface area contributed by atoms with Gasteiger partial charge in [0.05, 0.1) is 27.9 Å². The van der Waals surface area contributed by atoms with Gasteiger partial charge in [-0.1, -0.05) is 0 Å². The quantitative estimate of drug-likeness (QED) is 0.364. The molecular weight excluding hydrogens is 483 g/mol. The van der Waals surface area contributed by atoms with Crippen LogP contribution in [0.1, 0.15) is 23.6 Å². The van der Waals surface area contributed by atoms with Crippen molar-refractivity contribution in [2.75, 3.05) is 34.4 Å². The van der Waals surface area contributed by atoms with E-state index in [1.165, 1.54) is 11.1 Å². The number of benzene rings is 1. The molecular formula is C21H29IN4O3. The van der Waals surface area contributed by atoms with Crippen LogP contribution in [0.3, 0.4) is 0 Å². The summed E-state index contributed by atoms with van der Waals surface area (Å²) < 4.78 is 16.1. The number of hydrogen-bond donors (Lipinski definition) is 1. The van der Waals surface area contributed by atoms with Crippen molar-refractivity contribution in [1.82, 2.24) is 15.2 Å². The van der Waals surface area contributed by atoms with E-state index in [0.29, 0.717) is 12.4 Å². The maximum Gasteiger partial charge on any atom is 0.213 e. The number of methoxy groups -OCH3 is 3. The van der Waals surface area contributed by atoms with Gasteiger partial charge in [0.2, 0.25) is 5.88 Å². The van der Waals surface area contributed by atoms with Gasteiger partial charge in [0.25, 0.3) is 0 Å². The fourth-order valence-electron chi connectivity index (χ4n) is 3.32. The summed E-state index contributed by atoms with van der Waals surface area (Å²) in [5.74, 6) is 3.04. The lowest BCUT2D eigenvalue weighted by molar-refractivity contribution is 0.346. The first kappa shape index (κ1) is 23.1. The highest BCUT2D eigenvalue weighted by molar-refractivity contribution is 14.0. The number of hydrogen-bond acceptors (Lipinski definition) is 5. The van der Waals surface area contributed by atoms with E-state index in [9.17, 15) is 0 Å². The van der Waals surface area contributed by atoms with E-state index in [2.05, 4.69) is 34.3 Å². The number of aliphatic imine (C=N–C) groups is 1. The van der Waals surface area contributed by atoms with Gasteiger partial charge in [-0.3, -0.25) is 0 Å². The van der Waals surface area contributed by atoms with Crippen molar-refractivity contribution in [3.8, 4) is 17.4 Å². The van der Waals surface area contributed by atoms with Gasteiger partial charge < -0.3 is 24.4 Å². The summed E-state index contributed by atoms with van der Waals surface area (Å²) in [5, 5.41) is 3.41. The second kappa shape index (κ2) is 11.1. The smallest absolute Gasteiger partial charge is 0.213 e. The standard InChI is InChI=1S/C21H28N4O3.HI/c1-5-22-21(24-13-15-6-8-23-20(10-15)28-4)25-9-7-16-11-18(26-2)19(27-3)12-17(16)14-25;/h6,8,10-12H,5,7,9,13-14H2,1-4H3,(H,22,24);1H. The van der Waals surface area contributed by atoms with Crippen LogP contribution in [0.15, 0.2) is 35.5 Å². The highest BCUT2D eigenvalue weighted by atomic mass is 127. The van der Waals surface area contributed by atoms with E-state index in [1.807, 2.05) is 12.1 Å². The van der Waals surface area contributed by atoms with Crippen LogP contribution in [0.2, 0.25) is 0 Å². The maximum absolute atomic E-state index is 5.47. The molecule has 0 atom stereocenters. The zero-order valence-corrected chi connectivity index (χ0v) is 19.7. The number of nitrogens with one attached hydrogen (secondary N) is 1. The number of halogens is 1. The van der Waals surface area contributed by atoms with Crippen LogP contribution in [-0.4, -0.2) is 50.3 Å². The molecule has 0 unspecified atom stereocenters. The monoisotopic (exact) mass is 512 g/mol. The van der Waals surface area contributed by atoms with Crippen molar-refractivity contribution in [1.29, 1.82) is 0 Å². The van der Waals surface area contributed by atoms with Gasteiger partial charge >= 0.3 is 0 Å². The molecule has 1 aromatic carbocycles. The van der Waals surface area contributed by atoms with Crippen LogP contribution >= 0.6 is 24.0 Å². The molecule has 8 heteroatoms. The van der Waals surface area contributed by atoms with Crippen molar-refractivity contribution in [3.05, 3.63) is 47.2 Å². The average Bonchev–Trinajstić information content (AvgIpc) is 2.75. The maximum atomic E-state index is 5.47. The lowest BCUT2D eigenvalue weighted by Crippen LogP contribution is -2.44. The van der Waals surface area contributed by atoms with E-state index >= 15 is 0 Å². The summed E-state index contributed by atoms with van der Waals surface area (Å²) in [6.45, 7) is 5.14. The third-order valence-corrected chi connectivity index (χ3v) is 4.77. The second-order valence-electron chi connectivity index (χ2n) is 6.52. The van der Waals surface area contributed by atoms with Gasteiger partial charge in [0.15, 0.2) is 17.5 Å². The highest BCUT2D eigenvalue weighted by Crippen LogP contribution is 2.33. The van der Waals surface area contributed by atoms with E-state index in [-0.39, 0.29) is 24.0 Å². The molecule has 2 heterocycles. The number of pyridine rings is 1. The Kier molecular flexibility index (Phi) is 8.81. The topological polar surface area (TPSA) is 68.2 Å². The number of ether oxygens (including phenoxy) is 3. The Morgan fingerprint density at radius 2 is 1.83 bits per heavy atom. The molecule has 0 fully saturated rings. The van der Waals surface area contributed by atoms with E-state index in [4.69, 9.17) is 19.2 Å². The van der Waals surface area contributed by atoms with Crippen molar-refractivity contribution in [2.45, 2.75) is 26.4 Å². The summed E-state index contributed by atoms with van der Waals surface area (Å²) in [5.41, 5.74) is 3.59. The molecule has 1 N–H and O–H groups in total. The number of aromatic nitrogens is 1. The van der Waals surface area contributed by atoms with Crippen molar-refractivity contribution in [3.63, 3.8) is 0 Å². The SMILES string of the molecule is CCNC(=NCc1ccnc(OC)c1)N1CCc2cc(OC)c(OC)cc2C1.I. The molecule has 0 amide bonds. The Bertz CT molecular complexity index is 845. The van der Waals surface area contributed by atoms with Crippen LogP contribution in [-0.2, 0) is 19.5 Å². The highest BCUT2D eigenvalue weighted by Gasteiger charge is 2.21. The summed E-state index contributed by atoms with van der Waals surface area (Å²) >= 11 is 0. The van der Waals surface area contributed by atoms with Crippen LogP contribution in [0.5, 0.6) is 17.4 Å². The Morgan fingerprint density at radius 3 is 2.48 bits per heavy atom. The largest absolute Gasteiger partial charge is 0.493 e. The Morgan fingerprint density at radius 1 is 1.10 bits per heavy atom. The number of nitrogens with zero attached hydrogens (tertiary/aromatic N) is 3. The van der Waals surface area contributed by atoms with Crippen LogP contribution < -0.4 is 19.5 Å². The fourth-order valence-corrected chi connectivity index (χ4v) is 3.32. The Labute approximate surface area is 189 Å². The number of fused-ring (bicyclic) bond motifs is 1. The predicted molar refractivity (Wildman–Crippen MR) is 125 cm³/mol. The van der Waals surface area contributed by atoms with Gasteiger partial charge in [-0.15, -0.1) is 24.0 Å². The van der Waals surface area contributed by atoms with Crippen molar-refractivity contribution < 1.29 is 14.2 Å². The molecule has 2 aromatic rings. The third-order valence-electron chi connectivity index (χ3n) is 4.77. The lowest BCUT2D eigenvalue weighted by Gasteiger charge is -2.32. The lowest BCUT2D eigenvalue weighted by atomic mass is 9.99. The molecule has 3 rings (SSSR count). The van der Waals surface area contributed by atoms with Crippen LogP contribution in [0.25, 0.3) is 0 Å². The molecule has 29 heavy (non-hydrogen) atoms. The summed E-state index contributed by atoms with van der Waals surface area (Å²) in [6.07, 6.45) is 2.68. The Balaban J connectivity index is 0.00000300. The van der Waals surface area contributed by atoms with Gasteiger partial charge in [0.1, 0.15) is 0 Å². The zero-order valence-electron chi connectivity index (χ0n) is 17.4. The van der Waals surface area contributed by atoms with Gasteiger partial charge in [-0.2, -0.15) is 0 Å². The van der Waals surface area contributed by atoms with Gasteiger partial charge in [0, 0.05) is 31.9 Å². The molecule has 158 valence electrons. The molecule has 0 radical (unpaired) electrons. The summed E-state index contributed by atoms with van der Waals surface area (Å²) in [6, 6.07) is 8.02. The molecule has 0 spiro atoms. The summed E-state index contributed by atoms with van der Waals surface area (Å²) in [7, 11) is 4.96. The molecule has 1 aromatic heterocycles. The van der Waals surface area contributed by atoms with Crippen molar-refractivity contribution >= 4 is 29.9 Å². The van der Waals surface area contributed by atoms with Crippen LogP contribution in [0.4, 0.5) is 0 Å². The molecule has 7 nitrogen and oxygen atoms in total. The summed E-state index contributed by atoms with van der Waals surface area (Å²) in [4.78, 5) is 11.2. The van der Waals surface area contributed by atoms with Crippen molar-refractivity contribution in [2.24, 2.45) is 4.99 Å². The number of guanidine groups is 1. The van der Waals surface area contributed by atoms with E-state index in [0.717, 1.165) is 49.1 Å². The molecule has 1 aliphatic rings. The molecule has 0 saturated carbocycles. The molecule has 0 saturated heterocycles. The van der Waals surface area contributed by atoms with E-state index < -0.39 is 0 Å². The molecule has 1 aliphatic heterocycles. The Hall–Kier alpha value is -2.23. The minimum Gasteiger partial charge on any atom is -0.493 e. The first-order valence-electron chi connectivity index (χ1n) is 9.44. The fraction of sp³-hybridized carbons (Fsp3) is 0.429.